The van der Waals surface area contributed by atoms with Gasteiger partial charge in [0, 0.05) is 67.0 Å². The zero-order chi connectivity index (χ0) is 142. The molecular formula is C120H84N4. The van der Waals surface area contributed by atoms with Crippen molar-refractivity contribution in [3.05, 3.63) is 508 Å². The van der Waals surface area contributed by atoms with Gasteiger partial charge in [-0.15, -0.1) is 0 Å². The number of hydrogen-bond acceptors (Lipinski definition) is 2. The average molecular weight is 1650 g/mol. The number of aromatic nitrogens is 2. The van der Waals surface area contributed by atoms with E-state index < -0.39 is 562 Å². The zero-order valence-electron chi connectivity index (χ0n) is 131. The van der Waals surface area contributed by atoms with Crippen LogP contribution in [-0.4, -0.2) is 9.13 Å². The normalized spacial score (nSPS) is 18.9. The molecule has 0 saturated carbocycles. The molecule has 4 nitrogen and oxygen atoms in total. The van der Waals surface area contributed by atoms with Crippen LogP contribution in [0.4, 0.5) is 34.1 Å². The molecule has 0 spiro atoms. The highest BCUT2D eigenvalue weighted by atomic mass is 15.1. The van der Waals surface area contributed by atoms with Gasteiger partial charge in [-0.05, 0) is 244 Å². The second-order valence-electron chi connectivity index (χ2n) is 26.3. The summed E-state index contributed by atoms with van der Waals surface area (Å²) in [4.78, 5) is 0.557. The highest BCUT2D eigenvalue weighted by molar-refractivity contribution is 6.12. The van der Waals surface area contributed by atoms with E-state index in [-0.39, 0.29) is 16.0 Å². The molecule has 0 saturated heterocycles. The van der Waals surface area contributed by atoms with Gasteiger partial charge in [0.1, 0.15) is 0 Å². The molecule has 0 unspecified atom stereocenters. The fraction of sp³-hybridized carbons (Fsp3) is 0. The topological polar surface area (TPSA) is 16.3 Å². The lowest BCUT2D eigenvalue weighted by Gasteiger charge is -2.27. The lowest BCUT2D eigenvalue weighted by molar-refractivity contribution is 1.18. The van der Waals surface area contributed by atoms with Crippen LogP contribution < -0.4 is 9.80 Å². The Labute approximate surface area is 819 Å². The van der Waals surface area contributed by atoms with Gasteiger partial charge in [-0.25, -0.2) is 0 Å². The summed E-state index contributed by atoms with van der Waals surface area (Å²) in [6.45, 7) is 0. The molecule has 22 aromatic rings. The van der Waals surface area contributed by atoms with Crippen LogP contribution in [0.15, 0.2) is 508 Å². The number of hydrogen-bond donors (Lipinski definition) is 0. The molecule has 4 heteroatoms. The van der Waals surface area contributed by atoms with E-state index in [0.29, 0.717) is 20.4 Å². The van der Waals surface area contributed by atoms with Gasteiger partial charge in [0.25, 0.3) is 0 Å². The summed E-state index contributed by atoms with van der Waals surface area (Å²) in [5.74, 6) is 0. The number of para-hydroxylation sites is 2. The summed E-state index contributed by atoms with van der Waals surface area (Å²) < 4.78 is 621. The predicted octanol–water partition coefficient (Wildman–Crippen LogP) is 33.2. The third-order valence-corrected chi connectivity index (χ3v) is 19.1. The molecule has 0 aliphatic carbocycles. The van der Waals surface area contributed by atoms with E-state index in [2.05, 4.69) is 0 Å². The SMILES string of the molecule is [2H]c1c([2H])c([2H])c(-c2c([2H])c([2H])c(N(c3c([2H])c([2H])c(-c4c([2H])c([2H])c5c(c4[2H])c4c([2H])c([2H])c([2H])c([2H])c4n5-c4c([2H])c([2H])c(-c5c([2H])c([2H])c([2H])c([2H])c5[2H])c([2H])c4[2H])c([2H])c3[2H])c3c([2H])c([2H])c(-c4c([2H])c([2H])c([2H])c([2H])c4[2H])c(-c4c([2H])c([2H])c([2H])c([2H])c4[2H])c3[2H])c([2H])c2[2H])c([2H])c1[2H].[2H]c1c([2H])c([2H])c(-c2c([2H])c([2H])c(N(c3c([2H])c([2H])c(-c4ccc5c(c4)c4ccccc4n5-c4ccc(-c5ccccc5)cc4)c([2H])c3[2H])c3c([2H])c([2H])c(-c4c([2H])c([2H])c([2H])c([2H])c4[2H])c(-c4c([2H])c([2H])c([2H])c([2H])c4[2H])c3[2H])c([2H])c2[2H])c([2H])c1[2H]. The predicted molar refractivity (Wildman–Crippen MR) is 525 cm³/mol. The first-order valence-electron chi connectivity index (χ1n) is 71.0. The van der Waals surface area contributed by atoms with Crippen molar-refractivity contribution in [2.45, 2.75) is 0 Å². The highest BCUT2D eigenvalue weighted by Crippen LogP contribution is 2.47. The Morgan fingerprint density at radius 3 is 0.944 bits per heavy atom. The second kappa shape index (κ2) is 33.8. The molecule has 0 amide bonds. The Morgan fingerprint density at radius 2 is 0.484 bits per heavy atom. The van der Waals surface area contributed by atoms with Crippen LogP contribution >= 0.6 is 0 Å². The molecule has 584 valence electrons. The molecular weight excluding hydrogens is 1500 g/mol. The van der Waals surface area contributed by atoms with Crippen molar-refractivity contribution in [1.82, 2.24) is 9.13 Å². The maximum Gasteiger partial charge on any atom is 0.0652 e. The smallest absolute Gasteiger partial charge is 0.0652 e. The van der Waals surface area contributed by atoms with Crippen molar-refractivity contribution in [3.8, 4) is 123 Å². The molecule has 2 heterocycles. The molecule has 20 aromatic carbocycles. The van der Waals surface area contributed by atoms with Crippen molar-refractivity contribution in [1.29, 1.82) is 0 Å². The molecule has 0 aliphatic heterocycles. The molecule has 0 bridgehead atoms. The number of anilines is 6. The minimum atomic E-state index is -1.52. The fourth-order valence-corrected chi connectivity index (χ4v) is 13.5. The van der Waals surface area contributed by atoms with Crippen LogP contribution in [0.25, 0.3) is 166 Å². The molecule has 2 aromatic heterocycles. The molecule has 22 rings (SSSR count). The molecule has 0 aliphatic rings. The van der Waals surface area contributed by atoms with Crippen LogP contribution in [0, 0.1) is 0 Å². The van der Waals surface area contributed by atoms with Crippen molar-refractivity contribution in [2.24, 2.45) is 0 Å². The zero-order valence-corrected chi connectivity index (χ0v) is 63.0. The second-order valence-corrected chi connectivity index (χ2v) is 26.3. The summed E-state index contributed by atoms with van der Waals surface area (Å²) in [6.07, 6.45) is 0. The van der Waals surface area contributed by atoms with Crippen LogP contribution in [0.5, 0.6) is 0 Å². The van der Waals surface area contributed by atoms with Gasteiger partial charge in [-0.1, -0.05) is 375 Å². The fourth-order valence-electron chi connectivity index (χ4n) is 13.5. The van der Waals surface area contributed by atoms with Crippen molar-refractivity contribution >= 4 is 77.7 Å². The van der Waals surface area contributed by atoms with E-state index in [1.54, 1.807) is 18.2 Å². The Hall–Kier alpha value is -16.4. The third kappa shape index (κ3) is 15.0. The average Bonchev–Trinajstić information content (AvgIpc) is 1.55. The molecule has 0 atom stereocenters. The van der Waals surface area contributed by atoms with Gasteiger partial charge in [-0.3, -0.25) is 0 Å². The number of rotatable bonds is 18. The first-order chi connectivity index (χ1) is 89.8. The molecule has 124 heavy (non-hydrogen) atoms. The van der Waals surface area contributed by atoms with E-state index in [4.69, 9.17) is 50.7 Å². The van der Waals surface area contributed by atoms with E-state index in [1.807, 2.05) is 83.4 Å². The summed E-state index contributed by atoms with van der Waals surface area (Å²) in [5.41, 5.74) is -21.8. The van der Waals surface area contributed by atoms with E-state index in [9.17, 15) is 42.5 Å². The van der Waals surface area contributed by atoms with Crippen molar-refractivity contribution < 1.29 is 93.2 Å². The minimum absolute atomic E-state index is 0.137. The minimum Gasteiger partial charge on any atom is -0.310 e. The lowest BCUT2D eigenvalue weighted by Crippen LogP contribution is -2.10. The number of benzene rings is 20. The van der Waals surface area contributed by atoms with Crippen molar-refractivity contribution in [3.63, 3.8) is 0 Å². The summed E-state index contributed by atoms with van der Waals surface area (Å²) in [5, 5.41) is -0.255. The quantitative estimate of drug-likeness (QED) is 0.0851. The number of fused-ring (bicyclic) bond motifs is 6. The summed E-state index contributed by atoms with van der Waals surface area (Å²) >= 11 is 0. The van der Waals surface area contributed by atoms with Crippen molar-refractivity contribution in [2.75, 3.05) is 9.80 Å². The first kappa shape index (κ1) is 32.0. The Morgan fingerprint density at radius 1 is 0.161 bits per heavy atom. The first-order valence-corrected chi connectivity index (χ1v) is 37.0. The van der Waals surface area contributed by atoms with Gasteiger partial charge in [0.05, 0.1) is 115 Å². The highest BCUT2D eigenvalue weighted by Gasteiger charge is 2.23. The standard InChI is InChI=1S/2C60H42N2/c2*1-5-15-43(16-6-1)45-25-32-51(33-26-45)61(54-38-39-55(48-19-9-3-10-20-48)57(42-54)49-21-11-4-12-22-49)52-34-29-47(30-35-52)50-31-40-60-58(41-50)56-23-13-14-24-59(56)62(60)53-36-27-46(28-37-53)44-17-7-2-8-18-44/h2*1-42H/i1D,2D,3D,4D,5D,6D,7D,8D,9D,10D,11D,12D,13D,14D,15D,16D,17D,18D,19D,20D,21D,22D,23D,24D,25D,26D,27D,28D,29D,30D,31D,32D,33D,34D,35D,36D,37D,38D,39D,40D,41D,42D;1D,3D,4D,5D,6D,9D,10D,11D,12D,15D,16D,19D,20D,21D,22D,25D,26D,29D,30D,32D,33D,34D,35D,38D,39D,42D. The van der Waals surface area contributed by atoms with E-state index in [0.717, 1.165) is 27.7 Å². The van der Waals surface area contributed by atoms with Gasteiger partial charge in [0.15, 0.2) is 0 Å². The van der Waals surface area contributed by atoms with E-state index in [1.165, 1.54) is 0 Å². The van der Waals surface area contributed by atoms with Crippen LogP contribution in [0.2, 0.25) is 0 Å². The van der Waals surface area contributed by atoms with Crippen LogP contribution in [0.1, 0.15) is 93.2 Å². The number of nitrogens with zero attached hydrogens (tertiary/aromatic N) is 4. The van der Waals surface area contributed by atoms with E-state index >= 15 is 0 Å². The van der Waals surface area contributed by atoms with Gasteiger partial charge < -0.3 is 18.9 Å². The van der Waals surface area contributed by atoms with Gasteiger partial charge >= 0.3 is 0 Å². The maximum atomic E-state index is 10.2. The lowest BCUT2D eigenvalue weighted by atomic mass is 9.93. The molecule has 0 radical (unpaired) electrons. The van der Waals surface area contributed by atoms with Crippen LogP contribution in [-0.2, 0) is 0 Å². The van der Waals surface area contributed by atoms with Crippen LogP contribution in [0.3, 0.4) is 0 Å². The maximum absolute atomic E-state index is 10.2. The van der Waals surface area contributed by atoms with Gasteiger partial charge in [0.2, 0.25) is 0 Å². The third-order valence-electron chi connectivity index (χ3n) is 19.1. The monoisotopic (exact) mass is 1650 g/mol. The molecule has 0 fully saturated rings. The molecule has 0 N–H and O–H groups in total. The largest absolute Gasteiger partial charge is 0.310 e. The Kier molecular flexibility index (Phi) is 8.71. The Balaban J connectivity index is 0.000000216. The summed E-state index contributed by atoms with van der Waals surface area (Å²) in [7, 11) is 0. The Bertz CT molecular complexity index is 11700. The summed E-state index contributed by atoms with van der Waals surface area (Å²) in [6, 6.07) is -46.5. The van der Waals surface area contributed by atoms with Gasteiger partial charge in [-0.2, -0.15) is 0 Å².